The molecule has 2 saturated heterocycles. The van der Waals surface area contributed by atoms with Gasteiger partial charge in [-0.25, -0.2) is 31.9 Å². The second-order valence-corrected chi connectivity index (χ2v) is 12.6. The monoisotopic (exact) mass is 559 g/mol. The van der Waals surface area contributed by atoms with E-state index in [2.05, 4.69) is 0 Å². The number of piperidine rings is 1. The summed E-state index contributed by atoms with van der Waals surface area (Å²) in [5.41, 5.74) is -0.381. The summed E-state index contributed by atoms with van der Waals surface area (Å²) in [7, 11) is -3.88. The molecule has 4 rings (SSSR count). The number of nitrogens with zero attached hydrogens (tertiary/aromatic N) is 2. The average molecular weight is 560 g/mol. The minimum absolute atomic E-state index is 0.0386. The molecule has 1 saturated carbocycles. The van der Waals surface area contributed by atoms with Crippen molar-refractivity contribution in [2.24, 2.45) is 11.3 Å². The number of halogens is 6. The Kier molecular flexibility index (Phi) is 7.26. The molecule has 3 aliphatic rings. The van der Waals surface area contributed by atoms with Gasteiger partial charge in [-0.05, 0) is 36.8 Å². The molecular formula is C22H27ClF5N3O4S. The van der Waals surface area contributed by atoms with Gasteiger partial charge in [-0.1, -0.05) is 6.92 Å². The number of amides is 1. The minimum Gasteiger partial charge on any atom is -0.493 e. The predicted molar refractivity (Wildman–Crippen MR) is 121 cm³/mol. The fraction of sp³-hybridized carbons (Fsp3) is 0.682. The van der Waals surface area contributed by atoms with Gasteiger partial charge in [0.25, 0.3) is 5.91 Å². The molecular weight excluding hydrogens is 533 g/mol. The first-order chi connectivity index (χ1) is 16.6. The number of hydrogen-bond donors (Lipinski definition) is 1. The smallest absolute Gasteiger partial charge is 0.393 e. The molecule has 3 atom stereocenters. The molecule has 0 radical (unpaired) electrons. The van der Waals surface area contributed by atoms with E-state index < -0.39 is 69.5 Å². The predicted octanol–water partition coefficient (Wildman–Crippen LogP) is 3.80. The Balaban J connectivity index is 1.42. The standard InChI is InChI=1S/C22H27ClF5N3O4S/c1-21(9-30(10-21)31-8-13(22(26,27)28)5-16(23)19(31)25)11-35-18-7-17(24)15(6-14(18)12-3-4-12)20(32)29-36(2,33)34/h6-7,12-13,16,19H,3-5,8-11H2,1-2H3,(H,29,32). The van der Waals surface area contributed by atoms with Gasteiger partial charge < -0.3 is 4.74 Å². The SMILES string of the molecule is CC1(COc2cc(F)c(C(=O)NS(C)(=O)=O)cc2C2CC2)CN(N2CC(C(F)(F)F)CC(Cl)C2F)C1. The van der Waals surface area contributed by atoms with Crippen molar-refractivity contribution in [1.82, 2.24) is 14.7 Å². The van der Waals surface area contributed by atoms with Crippen LogP contribution < -0.4 is 9.46 Å². The zero-order valence-electron chi connectivity index (χ0n) is 19.6. The molecule has 1 aromatic carbocycles. The molecule has 36 heavy (non-hydrogen) atoms. The summed E-state index contributed by atoms with van der Waals surface area (Å²) in [5.74, 6) is -3.50. The van der Waals surface area contributed by atoms with Crippen LogP contribution in [0.25, 0.3) is 0 Å². The van der Waals surface area contributed by atoms with E-state index in [4.69, 9.17) is 16.3 Å². The van der Waals surface area contributed by atoms with E-state index in [1.54, 1.807) is 4.72 Å². The third kappa shape index (κ3) is 6.05. The highest BCUT2D eigenvalue weighted by Gasteiger charge is 2.52. The highest BCUT2D eigenvalue weighted by atomic mass is 35.5. The van der Waals surface area contributed by atoms with Crippen molar-refractivity contribution in [2.75, 3.05) is 32.5 Å². The van der Waals surface area contributed by atoms with E-state index in [1.807, 2.05) is 6.92 Å². The Morgan fingerprint density at radius 2 is 1.92 bits per heavy atom. The van der Waals surface area contributed by atoms with Gasteiger partial charge in [0.15, 0.2) is 6.30 Å². The number of carbonyl (C=O) groups excluding carboxylic acids is 1. The zero-order chi connectivity index (χ0) is 26.6. The Morgan fingerprint density at radius 3 is 2.47 bits per heavy atom. The van der Waals surface area contributed by atoms with Crippen LogP contribution in [0.3, 0.4) is 0 Å². The first kappa shape index (κ1) is 27.3. The first-order valence-electron chi connectivity index (χ1n) is 11.4. The molecule has 202 valence electrons. The van der Waals surface area contributed by atoms with E-state index in [0.717, 1.165) is 30.2 Å². The second-order valence-electron chi connectivity index (χ2n) is 10.3. The Bertz CT molecular complexity index is 1130. The van der Waals surface area contributed by atoms with E-state index in [9.17, 15) is 35.2 Å². The average Bonchev–Trinajstić information content (AvgIpc) is 3.55. The molecule has 0 bridgehead atoms. The van der Waals surface area contributed by atoms with E-state index in [-0.39, 0.29) is 31.4 Å². The maximum absolute atomic E-state index is 14.7. The van der Waals surface area contributed by atoms with Gasteiger partial charge in [-0.15, -0.1) is 11.6 Å². The van der Waals surface area contributed by atoms with Gasteiger partial charge in [0.1, 0.15) is 11.6 Å². The van der Waals surface area contributed by atoms with Gasteiger partial charge in [0.05, 0.1) is 29.7 Å². The maximum Gasteiger partial charge on any atom is 0.393 e. The van der Waals surface area contributed by atoms with Crippen molar-refractivity contribution in [3.05, 3.63) is 29.1 Å². The van der Waals surface area contributed by atoms with Gasteiger partial charge in [0.2, 0.25) is 10.0 Å². The molecule has 0 aromatic heterocycles. The van der Waals surface area contributed by atoms with Crippen molar-refractivity contribution in [1.29, 1.82) is 0 Å². The number of sulfonamides is 1. The van der Waals surface area contributed by atoms with Crippen LogP contribution in [0.5, 0.6) is 5.75 Å². The third-order valence-electron chi connectivity index (χ3n) is 6.67. The lowest BCUT2D eigenvalue weighted by atomic mass is 9.83. The number of carbonyl (C=O) groups is 1. The molecule has 1 aromatic rings. The topological polar surface area (TPSA) is 78.9 Å². The largest absolute Gasteiger partial charge is 0.493 e. The zero-order valence-corrected chi connectivity index (χ0v) is 21.2. The lowest BCUT2D eigenvalue weighted by Crippen LogP contribution is -2.68. The van der Waals surface area contributed by atoms with E-state index in [1.165, 1.54) is 11.1 Å². The number of benzene rings is 1. The van der Waals surface area contributed by atoms with Gasteiger partial charge in [-0.3, -0.25) is 4.79 Å². The molecule has 1 N–H and O–H groups in total. The highest BCUT2D eigenvalue weighted by Crippen LogP contribution is 2.46. The summed E-state index contributed by atoms with van der Waals surface area (Å²) in [4.78, 5) is 12.2. The number of hydrogen-bond acceptors (Lipinski definition) is 6. The lowest BCUT2D eigenvalue weighted by Gasteiger charge is -2.55. The molecule has 3 unspecified atom stereocenters. The van der Waals surface area contributed by atoms with Crippen molar-refractivity contribution < 1.29 is 39.9 Å². The van der Waals surface area contributed by atoms with Crippen LogP contribution in [0, 0.1) is 17.2 Å². The van der Waals surface area contributed by atoms with E-state index >= 15 is 0 Å². The van der Waals surface area contributed by atoms with Crippen LogP contribution in [0.15, 0.2) is 12.1 Å². The summed E-state index contributed by atoms with van der Waals surface area (Å²) < 4.78 is 99.3. The number of alkyl halides is 5. The molecule has 3 fully saturated rings. The molecule has 14 heteroatoms. The maximum atomic E-state index is 14.7. The van der Waals surface area contributed by atoms with Crippen LogP contribution in [0.4, 0.5) is 22.0 Å². The summed E-state index contributed by atoms with van der Waals surface area (Å²) in [6, 6.07) is 2.33. The summed E-state index contributed by atoms with van der Waals surface area (Å²) in [5, 5.41) is 1.24. The Morgan fingerprint density at radius 1 is 1.28 bits per heavy atom. The van der Waals surface area contributed by atoms with Gasteiger partial charge in [-0.2, -0.15) is 13.2 Å². The quantitative estimate of drug-likeness (QED) is 0.311. The number of ether oxygens (including phenoxy) is 1. The van der Waals surface area contributed by atoms with Gasteiger partial charge >= 0.3 is 6.18 Å². The van der Waals surface area contributed by atoms with Crippen molar-refractivity contribution in [3.8, 4) is 5.75 Å². The molecule has 1 aliphatic carbocycles. The number of nitrogens with one attached hydrogen (secondary N) is 1. The number of rotatable bonds is 7. The third-order valence-corrected chi connectivity index (χ3v) is 7.61. The first-order valence-corrected chi connectivity index (χ1v) is 13.7. The van der Waals surface area contributed by atoms with E-state index in [0.29, 0.717) is 5.56 Å². The Hall–Kier alpha value is -1.70. The van der Waals surface area contributed by atoms with Crippen molar-refractivity contribution in [3.63, 3.8) is 0 Å². The molecule has 0 spiro atoms. The normalized spacial score (nSPS) is 27.4. The van der Waals surface area contributed by atoms with Crippen LogP contribution in [0.2, 0.25) is 0 Å². The van der Waals surface area contributed by atoms with Crippen LogP contribution in [0.1, 0.15) is 48.0 Å². The Labute approximate surface area is 210 Å². The summed E-state index contributed by atoms with van der Waals surface area (Å²) in [6.45, 7) is 1.82. The molecule has 2 aliphatic heterocycles. The summed E-state index contributed by atoms with van der Waals surface area (Å²) >= 11 is 5.87. The van der Waals surface area contributed by atoms with Crippen LogP contribution in [-0.2, 0) is 10.0 Å². The van der Waals surface area contributed by atoms with Crippen molar-refractivity contribution >= 4 is 27.5 Å². The van der Waals surface area contributed by atoms with Gasteiger partial charge in [0, 0.05) is 31.1 Å². The number of hydrazine groups is 1. The van der Waals surface area contributed by atoms with Crippen LogP contribution >= 0.6 is 11.6 Å². The minimum atomic E-state index is -4.48. The molecule has 2 heterocycles. The fourth-order valence-electron chi connectivity index (χ4n) is 4.65. The fourth-order valence-corrected chi connectivity index (χ4v) is 5.44. The lowest BCUT2D eigenvalue weighted by molar-refractivity contribution is -0.251. The highest BCUT2D eigenvalue weighted by molar-refractivity contribution is 7.89. The molecule has 7 nitrogen and oxygen atoms in total. The van der Waals surface area contributed by atoms with Crippen molar-refractivity contribution in [2.45, 2.75) is 50.0 Å². The summed E-state index contributed by atoms with van der Waals surface area (Å²) in [6.07, 6.45) is -4.31. The molecule has 1 amide bonds. The van der Waals surface area contributed by atoms with Crippen LogP contribution in [-0.4, -0.2) is 74.7 Å². The second kappa shape index (κ2) is 9.55.